The van der Waals surface area contributed by atoms with E-state index in [2.05, 4.69) is 4.98 Å². The minimum absolute atomic E-state index is 0.347. The van der Waals surface area contributed by atoms with E-state index in [9.17, 15) is 0 Å². The van der Waals surface area contributed by atoms with Gasteiger partial charge in [0.15, 0.2) is 11.5 Å². The summed E-state index contributed by atoms with van der Waals surface area (Å²) in [6.45, 7) is 0.947. The summed E-state index contributed by atoms with van der Waals surface area (Å²) in [5, 5.41) is 0. The smallest absolute Gasteiger partial charge is 0.213 e. The molecule has 5 heteroatoms. The Morgan fingerprint density at radius 3 is 2.62 bits per heavy atom. The van der Waals surface area contributed by atoms with E-state index in [0.29, 0.717) is 30.5 Å². The van der Waals surface area contributed by atoms with Crippen LogP contribution in [-0.2, 0) is 13.0 Å². The molecule has 0 atom stereocenters. The van der Waals surface area contributed by atoms with Crippen molar-refractivity contribution in [1.29, 1.82) is 0 Å². The molecule has 0 aliphatic rings. The van der Waals surface area contributed by atoms with Crippen LogP contribution in [-0.4, -0.2) is 25.7 Å². The lowest BCUT2D eigenvalue weighted by atomic mass is 10.1. The van der Waals surface area contributed by atoms with Crippen molar-refractivity contribution < 1.29 is 14.2 Å². The number of nitrogens with two attached hydrogens (primary N) is 1. The number of benzene rings is 1. The first-order valence-electron chi connectivity index (χ1n) is 6.76. The first kappa shape index (κ1) is 15.1. The van der Waals surface area contributed by atoms with Crippen LogP contribution in [0.25, 0.3) is 0 Å². The van der Waals surface area contributed by atoms with Gasteiger partial charge in [0.1, 0.15) is 6.61 Å². The number of aromatic nitrogens is 1. The summed E-state index contributed by atoms with van der Waals surface area (Å²) in [6.07, 6.45) is 0.803. The van der Waals surface area contributed by atoms with Crippen LogP contribution in [0.15, 0.2) is 36.4 Å². The predicted octanol–water partition coefficient (Wildman–Crippen LogP) is 2.18. The van der Waals surface area contributed by atoms with Crippen LogP contribution < -0.4 is 19.9 Å². The summed E-state index contributed by atoms with van der Waals surface area (Å²) < 4.78 is 16.2. The number of nitrogens with zero attached hydrogens (tertiary/aromatic N) is 1. The molecule has 2 N–H and O–H groups in total. The Hall–Kier alpha value is -2.27. The zero-order chi connectivity index (χ0) is 15.1. The van der Waals surface area contributed by atoms with Gasteiger partial charge in [0.05, 0.1) is 19.9 Å². The Morgan fingerprint density at radius 1 is 1.05 bits per heavy atom. The minimum Gasteiger partial charge on any atom is -0.493 e. The van der Waals surface area contributed by atoms with Gasteiger partial charge in [0.2, 0.25) is 5.88 Å². The topological polar surface area (TPSA) is 66.6 Å². The predicted molar refractivity (Wildman–Crippen MR) is 80.9 cm³/mol. The lowest BCUT2D eigenvalue weighted by Gasteiger charge is -2.12. The van der Waals surface area contributed by atoms with Gasteiger partial charge >= 0.3 is 0 Å². The summed E-state index contributed by atoms with van der Waals surface area (Å²) in [7, 11) is 3.21. The first-order valence-corrected chi connectivity index (χ1v) is 6.76. The first-order chi connectivity index (χ1) is 10.3. The molecule has 2 rings (SSSR count). The lowest BCUT2D eigenvalue weighted by molar-refractivity contribution is 0.278. The van der Waals surface area contributed by atoms with Gasteiger partial charge in [-0.2, -0.15) is 0 Å². The molecule has 0 bridgehead atoms. The Bertz CT molecular complexity index is 587. The second-order valence-corrected chi connectivity index (χ2v) is 4.48. The van der Waals surface area contributed by atoms with Crippen LogP contribution in [0, 0.1) is 0 Å². The van der Waals surface area contributed by atoms with E-state index in [-0.39, 0.29) is 0 Å². The lowest BCUT2D eigenvalue weighted by Crippen LogP contribution is -2.04. The molecule has 1 heterocycles. The van der Waals surface area contributed by atoms with E-state index in [1.165, 1.54) is 0 Å². The van der Waals surface area contributed by atoms with Crippen molar-refractivity contribution in [2.75, 3.05) is 20.8 Å². The molecule has 0 aliphatic heterocycles. The van der Waals surface area contributed by atoms with E-state index in [0.717, 1.165) is 17.7 Å². The molecule has 0 spiro atoms. The standard InChI is InChI=1S/C16H20N2O3/c1-19-14-7-6-12(8-9-17)10-15(14)21-11-13-4-3-5-16(18-13)20-2/h3-7,10H,8-9,11,17H2,1-2H3. The maximum absolute atomic E-state index is 5.82. The fourth-order valence-electron chi connectivity index (χ4n) is 1.96. The van der Waals surface area contributed by atoms with Crippen LogP contribution in [0.4, 0.5) is 0 Å². The van der Waals surface area contributed by atoms with Gasteiger partial charge in [-0.25, -0.2) is 4.98 Å². The van der Waals surface area contributed by atoms with Crippen molar-refractivity contribution in [2.24, 2.45) is 5.73 Å². The normalized spacial score (nSPS) is 10.2. The second-order valence-electron chi connectivity index (χ2n) is 4.48. The van der Waals surface area contributed by atoms with Crippen molar-refractivity contribution >= 4 is 0 Å². The molecule has 0 fully saturated rings. The molecule has 0 saturated heterocycles. The molecule has 0 radical (unpaired) electrons. The summed E-state index contributed by atoms with van der Waals surface area (Å²) in [4.78, 5) is 4.31. The minimum atomic E-state index is 0.347. The third kappa shape index (κ3) is 4.10. The number of hydrogen-bond donors (Lipinski definition) is 1. The highest BCUT2D eigenvalue weighted by Gasteiger charge is 2.07. The maximum Gasteiger partial charge on any atom is 0.213 e. The van der Waals surface area contributed by atoms with Crippen molar-refractivity contribution in [1.82, 2.24) is 4.98 Å². The summed E-state index contributed by atoms with van der Waals surface area (Å²) >= 11 is 0. The van der Waals surface area contributed by atoms with E-state index in [1.807, 2.05) is 30.3 Å². The van der Waals surface area contributed by atoms with Gasteiger partial charge in [0.25, 0.3) is 0 Å². The highest BCUT2D eigenvalue weighted by atomic mass is 16.5. The molecule has 0 amide bonds. The molecule has 1 aromatic heterocycles. The van der Waals surface area contributed by atoms with Crippen LogP contribution >= 0.6 is 0 Å². The Labute approximate surface area is 124 Å². The van der Waals surface area contributed by atoms with Gasteiger partial charge in [-0.15, -0.1) is 0 Å². The van der Waals surface area contributed by atoms with Crippen molar-refractivity contribution in [3.8, 4) is 17.4 Å². The van der Waals surface area contributed by atoms with Crippen molar-refractivity contribution in [2.45, 2.75) is 13.0 Å². The number of methoxy groups -OCH3 is 2. The number of ether oxygens (including phenoxy) is 3. The highest BCUT2D eigenvalue weighted by molar-refractivity contribution is 5.43. The third-order valence-corrected chi connectivity index (χ3v) is 3.03. The van der Waals surface area contributed by atoms with E-state index >= 15 is 0 Å². The molecule has 0 unspecified atom stereocenters. The van der Waals surface area contributed by atoms with E-state index < -0.39 is 0 Å². The number of pyridine rings is 1. The molecule has 21 heavy (non-hydrogen) atoms. The second kappa shape index (κ2) is 7.50. The monoisotopic (exact) mass is 288 g/mol. The SMILES string of the molecule is COc1cccc(COc2cc(CCN)ccc2OC)n1. The average molecular weight is 288 g/mol. The summed E-state index contributed by atoms with van der Waals surface area (Å²) in [5.41, 5.74) is 7.49. The van der Waals surface area contributed by atoms with Gasteiger partial charge in [0, 0.05) is 6.07 Å². The quantitative estimate of drug-likeness (QED) is 0.846. The number of rotatable bonds is 7. The Kier molecular flexibility index (Phi) is 5.40. The van der Waals surface area contributed by atoms with Crippen molar-refractivity contribution in [3.05, 3.63) is 47.7 Å². The summed E-state index contributed by atoms with van der Waals surface area (Å²) in [5.74, 6) is 1.95. The third-order valence-electron chi connectivity index (χ3n) is 3.03. The maximum atomic E-state index is 5.82. The fraction of sp³-hybridized carbons (Fsp3) is 0.312. The Morgan fingerprint density at radius 2 is 1.90 bits per heavy atom. The van der Waals surface area contributed by atoms with Crippen LogP contribution in [0.2, 0.25) is 0 Å². The molecule has 0 saturated carbocycles. The molecule has 0 aliphatic carbocycles. The Balaban J connectivity index is 2.12. The van der Waals surface area contributed by atoms with E-state index in [1.54, 1.807) is 20.3 Å². The van der Waals surface area contributed by atoms with Crippen molar-refractivity contribution in [3.63, 3.8) is 0 Å². The van der Waals surface area contributed by atoms with Crippen LogP contribution in [0.1, 0.15) is 11.3 Å². The molecule has 5 nitrogen and oxygen atoms in total. The molecular formula is C16H20N2O3. The molecule has 1 aromatic carbocycles. The van der Waals surface area contributed by atoms with E-state index in [4.69, 9.17) is 19.9 Å². The summed E-state index contributed by atoms with van der Waals surface area (Å²) in [6, 6.07) is 11.4. The van der Waals surface area contributed by atoms with Crippen LogP contribution in [0.5, 0.6) is 17.4 Å². The van der Waals surface area contributed by atoms with Gasteiger partial charge in [-0.3, -0.25) is 0 Å². The highest BCUT2D eigenvalue weighted by Crippen LogP contribution is 2.29. The van der Waals surface area contributed by atoms with Gasteiger partial charge in [-0.1, -0.05) is 12.1 Å². The largest absolute Gasteiger partial charge is 0.493 e. The molecular weight excluding hydrogens is 268 g/mol. The molecule has 112 valence electrons. The van der Waals surface area contributed by atoms with Gasteiger partial charge in [-0.05, 0) is 36.7 Å². The fourth-order valence-corrected chi connectivity index (χ4v) is 1.96. The zero-order valence-electron chi connectivity index (χ0n) is 12.3. The molecule has 2 aromatic rings. The number of hydrogen-bond acceptors (Lipinski definition) is 5. The average Bonchev–Trinajstić information content (AvgIpc) is 2.53. The van der Waals surface area contributed by atoms with Gasteiger partial charge < -0.3 is 19.9 Å². The zero-order valence-corrected chi connectivity index (χ0v) is 12.3. The van der Waals surface area contributed by atoms with Crippen LogP contribution in [0.3, 0.4) is 0 Å².